The first-order valence-electron chi connectivity index (χ1n) is 4.39. The molecule has 0 radical (unpaired) electrons. The van der Waals surface area contributed by atoms with Crippen LogP contribution in [-0.4, -0.2) is 0 Å². The minimum absolute atomic E-state index is 0.254. The monoisotopic (exact) mass is 241 g/mol. The second-order valence-corrected chi connectivity index (χ2v) is 4.92. The van der Waals surface area contributed by atoms with Crippen molar-refractivity contribution in [1.82, 2.24) is 0 Å². The van der Waals surface area contributed by atoms with Gasteiger partial charge in [-0.15, -0.1) is 0 Å². The summed E-state index contributed by atoms with van der Waals surface area (Å²) in [6, 6.07) is 4.15. The minimum atomic E-state index is -0.254. The van der Waals surface area contributed by atoms with Crippen molar-refractivity contribution < 1.29 is 0 Å². The molecule has 0 heterocycles. The fourth-order valence-corrected chi connectivity index (χ4v) is 1.92. The zero-order valence-corrected chi connectivity index (χ0v) is 10.2. The third-order valence-corrected chi connectivity index (χ3v) is 3.27. The van der Waals surface area contributed by atoms with Gasteiger partial charge < -0.3 is 5.73 Å². The SMILES string of the molecule is Cc1c(Br)ccc(C(C)(C)N)c1C. The smallest absolute Gasteiger partial charge is 0.0355 e. The Hall–Kier alpha value is -0.340. The highest BCUT2D eigenvalue weighted by atomic mass is 79.9. The van der Waals surface area contributed by atoms with Gasteiger partial charge in [0.15, 0.2) is 0 Å². The number of hydrogen-bond acceptors (Lipinski definition) is 1. The second-order valence-electron chi connectivity index (χ2n) is 4.07. The van der Waals surface area contributed by atoms with Crippen molar-refractivity contribution >= 4 is 15.9 Å². The number of halogens is 1. The zero-order chi connectivity index (χ0) is 10.2. The fraction of sp³-hybridized carbons (Fsp3) is 0.455. The van der Waals surface area contributed by atoms with Crippen LogP contribution in [0.15, 0.2) is 16.6 Å². The molecule has 0 spiro atoms. The lowest BCUT2D eigenvalue weighted by Gasteiger charge is -2.23. The molecule has 1 nitrogen and oxygen atoms in total. The summed E-state index contributed by atoms with van der Waals surface area (Å²) in [5, 5.41) is 0. The maximum atomic E-state index is 6.06. The lowest BCUT2D eigenvalue weighted by molar-refractivity contribution is 0.550. The molecule has 0 saturated heterocycles. The molecule has 0 amide bonds. The van der Waals surface area contributed by atoms with Crippen molar-refractivity contribution in [3.05, 3.63) is 33.3 Å². The molecule has 72 valence electrons. The predicted molar refractivity (Wildman–Crippen MR) is 60.8 cm³/mol. The summed E-state index contributed by atoms with van der Waals surface area (Å²) in [6.45, 7) is 8.28. The van der Waals surface area contributed by atoms with Crippen LogP contribution >= 0.6 is 15.9 Å². The highest BCUT2D eigenvalue weighted by Crippen LogP contribution is 2.27. The lowest BCUT2D eigenvalue weighted by atomic mass is 9.89. The Balaban J connectivity index is 3.35. The average molecular weight is 242 g/mol. The summed E-state index contributed by atoms with van der Waals surface area (Å²) >= 11 is 3.51. The number of benzene rings is 1. The molecule has 0 aliphatic carbocycles. The molecule has 0 bridgehead atoms. The van der Waals surface area contributed by atoms with Gasteiger partial charge >= 0.3 is 0 Å². The van der Waals surface area contributed by atoms with E-state index in [1.807, 2.05) is 13.8 Å². The normalized spacial score (nSPS) is 11.8. The first-order chi connectivity index (χ1) is 5.84. The van der Waals surface area contributed by atoms with Crippen molar-refractivity contribution in [2.75, 3.05) is 0 Å². The Morgan fingerprint density at radius 3 is 2.15 bits per heavy atom. The summed E-state index contributed by atoms with van der Waals surface area (Å²) < 4.78 is 1.15. The van der Waals surface area contributed by atoms with Gasteiger partial charge in [0.2, 0.25) is 0 Å². The van der Waals surface area contributed by atoms with Gasteiger partial charge in [-0.05, 0) is 50.5 Å². The molecular weight excluding hydrogens is 226 g/mol. The van der Waals surface area contributed by atoms with Crippen molar-refractivity contribution in [1.29, 1.82) is 0 Å². The van der Waals surface area contributed by atoms with Crippen molar-refractivity contribution in [3.63, 3.8) is 0 Å². The first-order valence-corrected chi connectivity index (χ1v) is 5.18. The minimum Gasteiger partial charge on any atom is -0.322 e. The Kier molecular flexibility index (Phi) is 2.83. The fourth-order valence-electron chi connectivity index (χ4n) is 1.49. The van der Waals surface area contributed by atoms with E-state index in [-0.39, 0.29) is 5.54 Å². The number of rotatable bonds is 1. The van der Waals surface area contributed by atoms with E-state index in [0.29, 0.717) is 0 Å². The molecule has 0 aromatic heterocycles. The maximum absolute atomic E-state index is 6.06. The standard InChI is InChI=1S/C11H16BrN/c1-7-8(2)10(12)6-5-9(7)11(3,4)13/h5-6H,13H2,1-4H3. The summed E-state index contributed by atoms with van der Waals surface area (Å²) in [7, 11) is 0. The molecular formula is C11H16BrN. The Bertz CT molecular complexity index is 324. The third-order valence-electron chi connectivity index (χ3n) is 2.42. The third kappa shape index (κ3) is 2.12. The molecule has 1 aromatic rings. The van der Waals surface area contributed by atoms with Gasteiger partial charge in [0.25, 0.3) is 0 Å². The number of hydrogen-bond donors (Lipinski definition) is 1. The van der Waals surface area contributed by atoms with Gasteiger partial charge in [0.1, 0.15) is 0 Å². The van der Waals surface area contributed by atoms with E-state index < -0.39 is 0 Å². The van der Waals surface area contributed by atoms with Gasteiger partial charge in [0, 0.05) is 10.0 Å². The first kappa shape index (κ1) is 10.7. The average Bonchev–Trinajstić information content (AvgIpc) is 1.98. The van der Waals surface area contributed by atoms with Crippen LogP contribution in [0.1, 0.15) is 30.5 Å². The van der Waals surface area contributed by atoms with Gasteiger partial charge in [-0.1, -0.05) is 22.0 Å². The quantitative estimate of drug-likeness (QED) is 0.803. The zero-order valence-electron chi connectivity index (χ0n) is 8.61. The van der Waals surface area contributed by atoms with Crippen molar-refractivity contribution in [3.8, 4) is 0 Å². The molecule has 0 saturated carbocycles. The van der Waals surface area contributed by atoms with Gasteiger partial charge in [-0.2, -0.15) is 0 Å². The van der Waals surface area contributed by atoms with E-state index in [1.54, 1.807) is 0 Å². The highest BCUT2D eigenvalue weighted by Gasteiger charge is 2.17. The van der Waals surface area contributed by atoms with Crippen LogP contribution in [0, 0.1) is 13.8 Å². The second kappa shape index (κ2) is 3.43. The van der Waals surface area contributed by atoms with Crippen LogP contribution in [0.4, 0.5) is 0 Å². The number of nitrogens with two attached hydrogens (primary N) is 1. The molecule has 0 aliphatic rings. The Morgan fingerprint density at radius 2 is 1.69 bits per heavy atom. The predicted octanol–water partition coefficient (Wildman–Crippen LogP) is 3.26. The Labute approximate surface area is 88.5 Å². The molecule has 2 heteroatoms. The van der Waals surface area contributed by atoms with Gasteiger partial charge in [0.05, 0.1) is 0 Å². The molecule has 1 rings (SSSR count). The van der Waals surface area contributed by atoms with E-state index in [0.717, 1.165) is 4.47 Å². The van der Waals surface area contributed by atoms with Crippen LogP contribution < -0.4 is 5.73 Å². The summed E-state index contributed by atoms with van der Waals surface area (Å²) in [6.07, 6.45) is 0. The highest BCUT2D eigenvalue weighted by molar-refractivity contribution is 9.10. The van der Waals surface area contributed by atoms with Crippen LogP contribution in [0.2, 0.25) is 0 Å². The Morgan fingerprint density at radius 1 is 1.15 bits per heavy atom. The molecule has 2 N–H and O–H groups in total. The van der Waals surface area contributed by atoms with E-state index >= 15 is 0 Å². The van der Waals surface area contributed by atoms with Crippen LogP contribution in [-0.2, 0) is 5.54 Å². The molecule has 1 aromatic carbocycles. The van der Waals surface area contributed by atoms with Crippen molar-refractivity contribution in [2.45, 2.75) is 33.2 Å². The van der Waals surface area contributed by atoms with E-state index in [1.165, 1.54) is 16.7 Å². The van der Waals surface area contributed by atoms with E-state index in [9.17, 15) is 0 Å². The molecule has 0 aliphatic heterocycles. The molecule has 0 fully saturated rings. The molecule has 0 unspecified atom stereocenters. The van der Waals surface area contributed by atoms with Gasteiger partial charge in [-0.3, -0.25) is 0 Å². The van der Waals surface area contributed by atoms with Crippen LogP contribution in [0.3, 0.4) is 0 Å². The molecule has 13 heavy (non-hydrogen) atoms. The summed E-state index contributed by atoms with van der Waals surface area (Å²) in [5.74, 6) is 0. The molecule has 0 atom stereocenters. The van der Waals surface area contributed by atoms with Crippen LogP contribution in [0.5, 0.6) is 0 Å². The largest absolute Gasteiger partial charge is 0.322 e. The van der Waals surface area contributed by atoms with Crippen molar-refractivity contribution in [2.24, 2.45) is 5.73 Å². The topological polar surface area (TPSA) is 26.0 Å². The van der Waals surface area contributed by atoms with E-state index in [4.69, 9.17) is 5.73 Å². The maximum Gasteiger partial charge on any atom is 0.0355 e. The van der Waals surface area contributed by atoms with E-state index in [2.05, 4.69) is 41.9 Å². The van der Waals surface area contributed by atoms with Gasteiger partial charge in [-0.25, -0.2) is 0 Å². The van der Waals surface area contributed by atoms with Crippen LogP contribution in [0.25, 0.3) is 0 Å². The lowest BCUT2D eigenvalue weighted by Crippen LogP contribution is -2.29. The summed E-state index contributed by atoms with van der Waals surface area (Å²) in [4.78, 5) is 0. The summed E-state index contributed by atoms with van der Waals surface area (Å²) in [5.41, 5.74) is 9.58.